The first-order valence-electron chi connectivity index (χ1n) is 6.73. The van der Waals surface area contributed by atoms with Gasteiger partial charge in [-0.3, -0.25) is 9.59 Å². The fraction of sp³-hybridized carbons (Fsp3) is 0.400. The number of rotatable bonds is 8. The van der Waals surface area contributed by atoms with Gasteiger partial charge < -0.3 is 24.6 Å². The number of nitrogens with one attached hydrogen (secondary N) is 1. The van der Waals surface area contributed by atoms with Gasteiger partial charge in [-0.25, -0.2) is 4.79 Å². The van der Waals surface area contributed by atoms with E-state index in [0.29, 0.717) is 17.1 Å². The van der Waals surface area contributed by atoms with Crippen molar-refractivity contribution in [3.63, 3.8) is 0 Å². The van der Waals surface area contributed by atoms with E-state index in [2.05, 4.69) is 10.1 Å². The predicted octanol–water partition coefficient (Wildman–Crippen LogP) is 0.899. The maximum absolute atomic E-state index is 11.9. The number of carbonyl (C=O) groups excluding carboxylic acids is 2. The van der Waals surface area contributed by atoms with Crippen molar-refractivity contribution in [3.05, 3.63) is 23.8 Å². The van der Waals surface area contributed by atoms with Crippen molar-refractivity contribution in [3.8, 4) is 11.5 Å². The summed E-state index contributed by atoms with van der Waals surface area (Å²) < 4.78 is 14.9. The van der Waals surface area contributed by atoms with E-state index >= 15 is 0 Å². The molecule has 1 amide bonds. The summed E-state index contributed by atoms with van der Waals surface area (Å²) in [7, 11) is 4.11. The number of esters is 1. The summed E-state index contributed by atoms with van der Waals surface area (Å²) in [6.07, 6.45) is -0.568. The average molecular weight is 325 g/mol. The first-order chi connectivity index (χ1) is 10.9. The van der Waals surface area contributed by atoms with E-state index in [1.54, 1.807) is 12.1 Å². The molecule has 0 aliphatic carbocycles. The monoisotopic (exact) mass is 325 g/mol. The zero-order valence-corrected chi connectivity index (χ0v) is 13.1. The summed E-state index contributed by atoms with van der Waals surface area (Å²) in [6.45, 7) is 0. The smallest absolute Gasteiger partial charge is 0.333 e. The maximum Gasteiger partial charge on any atom is 0.333 e. The van der Waals surface area contributed by atoms with Crippen LogP contribution in [0.2, 0.25) is 0 Å². The van der Waals surface area contributed by atoms with E-state index in [-0.39, 0.29) is 12.8 Å². The molecule has 1 aromatic carbocycles. The normalized spacial score (nSPS) is 11.3. The number of ether oxygens (including phenoxy) is 3. The Balaban J connectivity index is 3.00. The lowest BCUT2D eigenvalue weighted by molar-refractivity contribution is -0.145. The van der Waals surface area contributed by atoms with Gasteiger partial charge in [0.05, 0.1) is 27.8 Å². The molecular weight excluding hydrogens is 306 g/mol. The molecule has 23 heavy (non-hydrogen) atoms. The van der Waals surface area contributed by atoms with Gasteiger partial charge in [-0.2, -0.15) is 0 Å². The van der Waals surface area contributed by atoms with Gasteiger partial charge in [-0.05, 0) is 17.7 Å². The summed E-state index contributed by atoms with van der Waals surface area (Å²) >= 11 is 0. The molecule has 1 aromatic rings. The van der Waals surface area contributed by atoms with Crippen molar-refractivity contribution in [2.24, 2.45) is 0 Å². The molecule has 1 rings (SSSR count). The Morgan fingerprint density at radius 1 is 1.09 bits per heavy atom. The van der Waals surface area contributed by atoms with Crippen LogP contribution in [-0.2, 0) is 19.1 Å². The van der Waals surface area contributed by atoms with Gasteiger partial charge in [0, 0.05) is 6.42 Å². The van der Waals surface area contributed by atoms with Crippen LogP contribution in [0.15, 0.2) is 18.2 Å². The molecule has 0 aliphatic heterocycles. The molecule has 0 bridgehead atoms. The van der Waals surface area contributed by atoms with Crippen molar-refractivity contribution >= 4 is 17.8 Å². The highest BCUT2D eigenvalue weighted by molar-refractivity contribution is 5.87. The molecule has 0 saturated heterocycles. The van der Waals surface area contributed by atoms with E-state index in [1.807, 2.05) is 0 Å². The van der Waals surface area contributed by atoms with E-state index in [1.165, 1.54) is 27.4 Å². The number of aliphatic carboxylic acids is 1. The van der Waals surface area contributed by atoms with Crippen LogP contribution in [0, 0.1) is 0 Å². The summed E-state index contributed by atoms with van der Waals surface area (Å²) in [4.78, 5) is 34.2. The Hall–Kier alpha value is -2.77. The van der Waals surface area contributed by atoms with Crippen LogP contribution in [0.4, 0.5) is 0 Å². The van der Waals surface area contributed by atoms with Crippen LogP contribution in [0.3, 0.4) is 0 Å². The molecule has 0 radical (unpaired) electrons. The summed E-state index contributed by atoms with van der Waals surface area (Å²) in [6, 6.07) is 3.65. The zero-order valence-electron chi connectivity index (χ0n) is 13.1. The molecule has 2 N–H and O–H groups in total. The van der Waals surface area contributed by atoms with Gasteiger partial charge in [0.25, 0.3) is 0 Å². The van der Waals surface area contributed by atoms with Gasteiger partial charge >= 0.3 is 11.9 Å². The third-order valence-electron chi connectivity index (χ3n) is 3.05. The first-order valence-corrected chi connectivity index (χ1v) is 6.73. The highest BCUT2D eigenvalue weighted by Crippen LogP contribution is 2.30. The second-order valence-corrected chi connectivity index (χ2v) is 4.53. The average Bonchev–Trinajstić information content (AvgIpc) is 2.56. The highest BCUT2D eigenvalue weighted by Gasteiger charge is 2.25. The topological polar surface area (TPSA) is 111 Å². The van der Waals surface area contributed by atoms with Crippen LogP contribution in [0.1, 0.15) is 24.4 Å². The predicted molar refractivity (Wildman–Crippen MR) is 79.3 cm³/mol. The second kappa shape index (κ2) is 8.62. The summed E-state index contributed by atoms with van der Waals surface area (Å²) in [5.41, 5.74) is 0.429. The van der Waals surface area contributed by atoms with E-state index in [0.717, 1.165) is 0 Å². The second-order valence-electron chi connectivity index (χ2n) is 4.53. The quantitative estimate of drug-likeness (QED) is 0.683. The number of hydrogen-bond acceptors (Lipinski definition) is 6. The van der Waals surface area contributed by atoms with E-state index in [9.17, 15) is 14.4 Å². The molecular formula is C15H19NO7. The molecule has 8 nitrogen and oxygen atoms in total. The lowest BCUT2D eigenvalue weighted by Crippen LogP contribution is -2.34. The lowest BCUT2D eigenvalue weighted by atomic mass is 10.1. The Kier molecular flexibility index (Phi) is 6.85. The Labute approximate surface area is 133 Å². The Morgan fingerprint density at radius 3 is 2.26 bits per heavy atom. The largest absolute Gasteiger partial charge is 0.493 e. The number of carbonyl (C=O) groups is 3. The van der Waals surface area contributed by atoms with Gasteiger partial charge in [-0.1, -0.05) is 6.07 Å². The van der Waals surface area contributed by atoms with Gasteiger partial charge in [-0.15, -0.1) is 0 Å². The third kappa shape index (κ3) is 5.17. The molecule has 8 heteroatoms. The van der Waals surface area contributed by atoms with Gasteiger partial charge in [0.2, 0.25) is 5.91 Å². The van der Waals surface area contributed by atoms with Crippen LogP contribution in [0.5, 0.6) is 11.5 Å². The fourth-order valence-electron chi connectivity index (χ4n) is 1.88. The Morgan fingerprint density at radius 2 is 1.74 bits per heavy atom. The summed E-state index contributed by atoms with van der Waals surface area (Å²) in [5, 5.41) is 11.0. The van der Waals surface area contributed by atoms with Gasteiger partial charge in [0.1, 0.15) is 0 Å². The first kappa shape index (κ1) is 18.3. The summed E-state index contributed by atoms with van der Waals surface area (Å²) in [5.74, 6) is -1.49. The van der Waals surface area contributed by atoms with Gasteiger partial charge in [0.15, 0.2) is 17.5 Å². The van der Waals surface area contributed by atoms with Crippen molar-refractivity contribution in [1.29, 1.82) is 0 Å². The minimum Gasteiger partial charge on any atom is -0.493 e. The molecule has 1 atom stereocenters. The molecule has 126 valence electrons. The molecule has 0 saturated carbocycles. The van der Waals surface area contributed by atoms with E-state index < -0.39 is 23.9 Å². The molecule has 0 aromatic heterocycles. The zero-order chi connectivity index (χ0) is 17.4. The fourth-order valence-corrected chi connectivity index (χ4v) is 1.88. The number of amides is 1. The number of carboxylic acid groups (broad SMARTS) is 1. The standard InChI is InChI=1S/C15H19NO7/c1-21-10-5-4-9(8-11(10)22-2)14(15(20)23-3)16-12(17)6-7-13(18)19/h4-5,8,14H,6-7H2,1-3H3,(H,16,17)(H,18,19)/t14-/m0/s1. The molecule has 0 spiro atoms. The van der Waals surface area contributed by atoms with Crippen molar-refractivity contribution in [1.82, 2.24) is 5.32 Å². The minimum absolute atomic E-state index is 0.240. The van der Waals surface area contributed by atoms with Crippen LogP contribution < -0.4 is 14.8 Å². The molecule has 0 unspecified atom stereocenters. The van der Waals surface area contributed by atoms with Crippen LogP contribution in [0.25, 0.3) is 0 Å². The highest BCUT2D eigenvalue weighted by atomic mass is 16.5. The minimum atomic E-state index is -1.10. The van der Waals surface area contributed by atoms with Crippen molar-refractivity contribution in [2.75, 3.05) is 21.3 Å². The lowest BCUT2D eigenvalue weighted by Gasteiger charge is -2.18. The number of carboxylic acids is 1. The molecule has 0 heterocycles. The molecule has 0 fully saturated rings. The maximum atomic E-state index is 11.9. The van der Waals surface area contributed by atoms with E-state index in [4.69, 9.17) is 14.6 Å². The number of hydrogen-bond donors (Lipinski definition) is 2. The number of methoxy groups -OCH3 is 3. The van der Waals surface area contributed by atoms with Crippen molar-refractivity contribution in [2.45, 2.75) is 18.9 Å². The van der Waals surface area contributed by atoms with Crippen LogP contribution >= 0.6 is 0 Å². The Bertz CT molecular complexity index is 585. The SMILES string of the molecule is COC(=O)[C@@H](NC(=O)CCC(=O)O)c1ccc(OC)c(OC)c1. The van der Waals surface area contributed by atoms with Crippen molar-refractivity contribution < 1.29 is 33.7 Å². The van der Waals surface area contributed by atoms with Crippen LogP contribution in [-0.4, -0.2) is 44.3 Å². The number of benzene rings is 1. The molecule has 0 aliphatic rings. The third-order valence-corrected chi connectivity index (χ3v) is 3.05.